The summed E-state index contributed by atoms with van der Waals surface area (Å²) >= 11 is 0. The van der Waals surface area contributed by atoms with Crippen LogP contribution >= 0.6 is 7.82 Å². The summed E-state index contributed by atoms with van der Waals surface area (Å²) in [5, 5.41) is 0. The van der Waals surface area contributed by atoms with E-state index in [0.717, 1.165) is 12.8 Å². The fourth-order valence-corrected chi connectivity index (χ4v) is 4.44. The van der Waals surface area contributed by atoms with E-state index in [2.05, 4.69) is 11.4 Å². The van der Waals surface area contributed by atoms with Gasteiger partial charge in [-0.3, -0.25) is 18.6 Å². The molecule has 0 saturated carbocycles. The Bertz CT molecular complexity index is 590. The molecule has 0 fully saturated rings. The van der Waals surface area contributed by atoms with Crippen LogP contribution in [0, 0.1) is 0 Å². The number of nitrogens with two attached hydrogens (primary N) is 1. The molecule has 2 atom stereocenters. The lowest BCUT2D eigenvalue weighted by Gasteiger charge is -2.19. The zero-order chi connectivity index (χ0) is 26.9. The summed E-state index contributed by atoms with van der Waals surface area (Å²) in [6.07, 6.45) is 17.3. The van der Waals surface area contributed by atoms with Gasteiger partial charge >= 0.3 is 19.8 Å². The lowest BCUT2D eigenvalue weighted by molar-refractivity contribution is -0.161. The number of carbonyl (C=O) groups is 2. The minimum atomic E-state index is -4.33. The number of unbranched alkanes of at least 4 members (excludes halogenated alkanes) is 13. The standard InChI is InChI=1S/C26H52NO8P/c1-3-5-6-7-8-9-10-11-12-13-14-15-16-17-19-26(29)35-24(22-32-25(28)18-4-2)23-34-36(30,31)33-21-20-27/h24H,3-23,27H2,1-2H3,(H,30,31). The molecule has 9 nitrogen and oxygen atoms in total. The Kier molecular flexibility index (Phi) is 23.7. The molecule has 0 bridgehead atoms. The van der Waals surface area contributed by atoms with Crippen LogP contribution < -0.4 is 5.73 Å². The van der Waals surface area contributed by atoms with Gasteiger partial charge in [-0.05, 0) is 12.8 Å². The summed E-state index contributed by atoms with van der Waals surface area (Å²) in [6, 6.07) is 0. The quantitative estimate of drug-likeness (QED) is 0.0750. The fourth-order valence-electron chi connectivity index (χ4n) is 3.67. The predicted molar refractivity (Wildman–Crippen MR) is 141 cm³/mol. The van der Waals surface area contributed by atoms with Gasteiger partial charge in [-0.2, -0.15) is 0 Å². The van der Waals surface area contributed by atoms with Crippen molar-refractivity contribution in [2.24, 2.45) is 5.73 Å². The molecule has 0 amide bonds. The number of hydrogen-bond donors (Lipinski definition) is 2. The molecule has 0 heterocycles. The number of carbonyl (C=O) groups excluding carboxylic acids is 2. The molecule has 0 spiro atoms. The van der Waals surface area contributed by atoms with Crippen molar-refractivity contribution in [1.82, 2.24) is 0 Å². The van der Waals surface area contributed by atoms with Crippen LogP contribution in [0.5, 0.6) is 0 Å². The molecule has 0 aromatic carbocycles. The zero-order valence-electron chi connectivity index (χ0n) is 22.8. The first-order valence-electron chi connectivity index (χ1n) is 14.0. The first-order chi connectivity index (χ1) is 17.3. The van der Waals surface area contributed by atoms with Crippen LogP contribution in [-0.4, -0.2) is 49.3 Å². The average molecular weight is 538 g/mol. The maximum atomic E-state index is 12.2. The van der Waals surface area contributed by atoms with Crippen LogP contribution in [0.25, 0.3) is 0 Å². The maximum Gasteiger partial charge on any atom is 0.472 e. The van der Waals surface area contributed by atoms with Crippen molar-refractivity contribution < 1.29 is 37.6 Å². The summed E-state index contributed by atoms with van der Waals surface area (Å²) in [7, 11) is -4.33. The van der Waals surface area contributed by atoms with Gasteiger partial charge in [0.25, 0.3) is 0 Å². The second-order valence-electron chi connectivity index (χ2n) is 9.28. The molecule has 3 N–H and O–H groups in total. The van der Waals surface area contributed by atoms with Crippen molar-refractivity contribution in [2.45, 2.75) is 129 Å². The third-order valence-corrected chi connectivity index (χ3v) is 6.70. The minimum Gasteiger partial charge on any atom is -0.462 e. The highest BCUT2D eigenvalue weighted by atomic mass is 31.2. The van der Waals surface area contributed by atoms with Crippen LogP contribution in [-0.2, 0) is 32.7 Å². The summed E-state index contributed by atoms with van der Waals surface area (Å²) < 4.78 is 31.8. The Morgan fingerprint density at radius 2 is 1.25 bits per heavy atom. The predicted octanol–water partition coefficient (Wildman–Crippen LogP) is 6.21. The van der Waals surface area contributed by atoms with E-state index in [1.807, 2.05) is 6.92 Å². The summed E-state index contributed by atoms with van der Waals surface area (Å²) in [6.45, 7) is 3.32. The molecule has 36 heavy (non-hydrogen) atoms. The summed E-state index contributed by atoms with van der Waals surface area (Å²) in [5.74, 6) is -0.887. The van der Waals surface area contributed by atoms with Gasteiger partial charge in [0.2, 0.25) is 0 Å². The lowest BCUT2D eigenvalue weighted by Crippen LogP contribution is -2.29. The van der Waals surface area contributed by atoms with Gasteiger partial charge in [-0.25, -0.2) is 4.57 Å². The molecule has 0 aliphatic carbocycles. The van der Waals surface area contributed by atoms with E-state index in [1.165, 1.54) is 70.6 Å². The molecule has 10 heteroatoms. The molecular formula is C26H52NO8P. The molecule has 0 rings (SSSR count). The Labute approximate surface area is 218 Å². The largest absolute Gasteiger partial charge is 0.472 e. The second-order valence-corrected chi connectivity index (χ2v) is 10.7. The Hall–Kier alpha value is -0.990. The lowest BCUT2D eigenvalue weighted by atomic mass is 10.0. The van der Waals surface area contributed by atoms with Crippen molar-refractivity contribution in [1.29, 1.82) is 0 Å². The highest BCUT2D eigenvalue weighted by molar-refractivity contribution is 7.47. The molecule has 0 aliphatic heterocycles. The van der Waals surface area contributed by atoms with Crippen LogP contribution in [0.15, 0.2) is 0 Å². The van der Waals surface area contributed by atoms with Gasteiger partial charge in [-0.1, -0.05) is 97.3 Å². The molecule has 0 aromatic heterocycles. The Morgan fingerprint density at radius 3 is 1.75 bits per heavy atom. The number of rotatable bonds is 26. The van der Waals surface area contributed by atoms with Gasteiger partial charge in [0.05, 0.1) is 13.2 Å². The van der Waals surface area contributed by atoms with Gasteiger partial charge in [0, 0.05) is 19.4 Å². The maximum absolute atomic E-state index is 12.2. The van der Waals surface area contributed by atoms with Crippen LogP contribution in [0.2, 0.25) is 0 Å². The molecule has 0 radical (unpaired) electrons. The topological polar surface area (TPSA) is 134 Å². The highest BCUT2D eigenvalue weighted by Gasteiger charge is 2.25. The van der Waals surface area contributed by atoms with Crippen molar-refractivity contribution in [2.75, 3.05) is 26.4 Å². The van der Waals surface area contributed by atoms with Crippen molar-refractivity contribution in [3.63, 3.8) is 0 Å². The number of phosphoric ester groups is 1. The SMILES string of the molecule is CCCCCCCCCCCCCCCCC(=O)OC(COC(=O)CCC)COP(=O)(O)OCCN. The average Bonchev–Trinajstić information content (AvgIpc) is 2.85. The number of hydrogen-bond acceptors (Lipinski definition) is 8. The van der Waals surface area contributed by atoms with E-state index in [1.54, 1.807) is 0 Å². The van der Waals surface area contributed by atoms with E-state index in [4.69, 9.17) is 19.7 Å². The van der Waals surface area contributed by atoms with Crippen molar-refractivity contribution in [3.05, 3.63) is 0 Å². The third kappa shape index (κ3) is 23.4. The van der Waals surface area contributed by atoms with Crippen molar-refractivity contribution in [3.8, 4) is 0 Å². The number of esters is 2. The molecular weight excluding hydrogens is 485 g/mol. The van der Waals surface area contributed by atoms with Gasteiger partial charge in [-0.15, -0.1) is 0 Å². The van der Waals surface area contributed by atoms with Gasteiger partial charge in [0.15, 0.2) is 6.10 Å². The minimum absolute atomic E-state index is 0.0557. The second kappa shape index (κ2) is 24.4. The zero-order valence-corrected chi connectivity index (χ0v) is 23.7. The molecule has 214 valence electrons. The molecule has 0 aromatic rings. The van der Waals surface area contributed by atoms with E-state index < -0.39 is 32.5 Å². The first-order valence-corrected chi connectivity index (χ1v) is 15.5. The van der Waals surface area contributed by atoms with Crippen LogP contribution in [0.4, 0.5) is 0 Å². The number of phosphoric acid groups is 1. The van der Waals surface area contributed by atoms with Crippen molar-refractivity contribution >= 4 is 19.8 Å². The van der Waals surface area contributed by atoms with Gasteiger partial charge < -0.3 is 20.1 Å². The van der Waals surface area contributed by atoms with E-state index in [-0.39, 0.29) is 32.6 Å². The third-order valence-electron chi connectivity index (χ3n) is 5.71. The van der Waals surface area contributed by atoms with Gasteiger partial charge in [0.1, 0.15) is 6.61 Å². The fraction of sp³-hybridized carbons (Fsp3) is 0.923. The molecule has 2 unspecified atom stereocenters. The Morgan fingerprint density at radius 1 is 0.722 bits per heavy atom. The van der Waals surface area contributed by atoms with Crippen LogP contribution in [0.3, 0.4) is 0 Å². The highest BCUT2D eigenvalue weighted by Crippen LogP contribution is 2.43. The molecule has 0 aliphatic rings. The van der Waals surface area contributed by atoms with E-state index in [0.29, 0.717) is 12.8 Å². The monoisotopic (exact) mass is 537 g/mol. The molecule has 0 saturated heterocycles. The van der Waals surface area contributed by atoms with E-state index >= 15 is 0 Å². The van der Waals surface area contributed by atoms with Crippen LogP contribution in [0.1, 0.15) is 123 Å². The van der Waals surface area contributed by atoms with E-state index in [9.17, 15) is 19.0 Å². The smallest absolute Gasteiger partial charge is 0.462 e. The normalized spacial score (nSPS) is 13.8. The first kappa shape index (κ1) is 35.0. The summed E-state index contributed by atoms with van der Waals surface area (Å²) in [4.78, 5) is 33.5. The Balaban J connectivity index is 4.04. The summed E-state index contributed by atoms with van der Waals surface area (Å²) in [5.41, 5.74) is 5.25. The number of ether oxygens (including phenoxy) is 2.